The minimum atomic E-state index is -3.82. The molecule has 2 aromatic rings. The van der Waals surface area contributed by atoms with Gasteiger partial charge in [0.05, 0.1) is 29.2 Å². The van der Waals surface area contributed by atoms with Gasteiger partial charge in [-0.3, -0.25) is 15.5 Å². The van der Waals surface area contributed by atoms with Gasteiger partial charge >= 0.3 is 0 Å². The van der Waals surface area contributed by atoms with Crippen molar-refractivity contribution in [1.82, 2.24) is 4.31 Å². The number of hydrazone groups is 1. The molecule has 1 aliphatic rings. The largest absolute Gasteiger partial charge is 0.379 e. The second kappa shape index (κ2) is 8.46. The fourth-order valence-corrected chi connectivity index (χ4v) is 4.19. The van der Waals surface area contributed by atoms with Gasteiger partial charge < -0.3 is 4.74 Å². The summed E-state index contributed by atoms with van der Waals surface area (Å²) < 4.78 is 31.8. The molecule has 3 rings (SSSR count). The van der Waals surface area contributed by atoms with Gasteiger partial charge in [0.2, 0.25) is 10.0 Å². The van der Waals surface area contributed by atoms with E-state index in [0.29, 0.717) is 13.2 Å². The molecule has 9 nitrogen and oxygen atoms in total. The van der Waals surface area contributed by atoms with Crippen LogP contribution in [-0.4, -0.2) is 50.2 Å². The van der Waals surface area contributed by atoms with Crippen LogP contribution in [0.15, 0.2) is 52.5 Å². The first-order valence-corrected chi connectivity index (χ1v) is 10.0. The maximum Gasteiger partial charge on any atom is 0.295 e. The number of nitro benzene ring substituents is 1. The van der Waals surface area contributed by atoms with Gasteiger partial charge in [-0.05, 0) is 30.2 Å². The van der Waals surface area contributed by atoms with Crippen molar-refractivity contribution in [1.29, 1.82) is 0 Å². The van der Waals surface area contributed by atoms with Crippen LogP contribution in [0.5, 0.6) is 0 Å². The highest BCUT2D eigenvalue weighted by atomic mass is 32.2. The maximum atomic E-state index is 12.7. The average molecular weight is 404 g/mol. The third-order valence-electron chi connectivity index (χ3n) is 4.35. The molecular formula is C18H20N4O5S. The van der Waals surface area contributed by atoms with Gasteiger partial charge in [-0.25, -0.2) is 8.42 Å². The molecule has 2 aromatic carbocycles. The molecule has 0 aromatic heterocycles. The van der Waals surface area contributed by atoms with Gasteiger partial charge in [0.1, 0.15) is 5.69 Å². The van der Waals surface area contributed by atoms with E-state index in [-0.39, 0.29) is 29.4 Å². The van der Waals surface area contributed by atoms with Crippen LogP contribution >= 0.6 is 0 Å². The third-order valence-corrected chi connectivity index (χ3v) is 6.25. The van der Waals surface area contributed by atoms with Gasteiger partial charge in [-0.1, -0.05) is 24.3 Å². The van der Waals surface area contributed by atoms with Crippen LogP contribution in [0.3, 0.4) is 0 Å². The number of ether oxygens (including phenoxy) is 1. The lowest BCUT2D eigenvalue weighted by Gasteiger charge is -2.26. The predicted molar refractivity (Wildman–Crippen MR) is 105 cm³/mol. The van der Waals surface area contributed by atoms with Crippen molar-refractivity contribution in [2.75, 3.05) is 31.7 Å². The van der Waals surface area contributed by atoms with Crippen molar-refractivity contribution >= 4 is 27.6 Å². The zero-order valence-electron chi connectivity index (χ0n) is 15.2. The molecule has 0 unspecified atom stereocenters. The van der Waals surface area contributed by atoms with Crippen LogP contribution in [-0.2, 0) is 14.8 Å². The lowest BCUT2D eigenvalue weighted by molar-refractivity contribution is -0.384. The molecule has 0 saturated carbocycles. The van der Waals surface area contributed by atoms with Gasteiger partial charge in [0, 0.05) is 19.2 Å². The van der Waals surface area contributed by atoms with Crippen LogP contribution in [0, 0.1) is 17.0 Å². The van der Waals surface area contributed by atoms with E-state index < -0.39 is 14.9 Å². The molecule has 1 heterocycles. The molecule has 1 fully saturated rings. The van der Waals surface area contributed by atoms with Crippen molar-refractivity contribution in [3.63, 3.8) is 0 Å². The number of nitro groups is 1. The first-order valence-electron chi connectivity index (χ1n) is 8.60. The highest BCUT2D eigenvalue weighted by molar-refractivity contribution is 7.89. The molecule has 0 spiro atoms. The Hall–Kier alpha value is -2.82. The molecule has 28 heavy (non-hydrogen) atoms. The van der Waals surface area contributed by atoms with Gasteiger partial charge in [-0.2, -0.15) is 9.41 Å². The van der Waals surface area contributed by atoms with E-state index >= 15 is 0 Å². The van der Waals surface area contributed by atoms with Gasteiger partial charge in [-0.15, -0.1) is 0 Å². The fraction of sp³-hybridized carbons (Fsp3) is 0.278. The number of hydrogen-bond donors (Lipinski definition) is 1. The normalized spacial score (nSPS) is 15.6. The standard InChI is InChI=1S/C18H20N4O5S/c1-14-4-2-3-5-15(14)13-19-20-17-7-6-16(12-18(17)22(23)24)28(25,26)21-8-10-27-11-9-21/h2-7,12-13,20H,8-11H2,1H3/b19-13+. The number of anilines is 1. The molecule has 0 bridgehead atoms. The summed E-state index contributed by atoms with van der Waals surface area (Å²) in [7, 11) is -3.82. The minimum Gasteiger partial charge on any atom is -0.379 e. The molecule has 0 amide bonds. The number of morpholine rings is 1. The van der Waals surface area contributed by atoms with E-state index in [4.69, 9.17) is 4.74 Å². The van der Waals surface area contributed by atoms with Crippen LogP contribution in [0.2, 0.25) is 0 Å². The van der Waals surface area contributed by atoms with Crippen molar-refractivity contribution in [2.45, 2.75) is 11.8 Å². The Kier molecular flexibility index (Phi) is 6.02. The molecule has 0 aliphatic carbocycles. The number of sulfonamides is 1. The molecular weight excluding hydrogens is 384 g/mol. The topological polar surface area (TPSA) is 114 Å². The summed E-state index contributed by atoms with van der Waals surface area (Å²) in [6, 6.07) is 11.3. The predicted octanol–water partition coefficient (Wildman–Crippen LogP) is 2.37. The molecule has 1 aliphatic heterocycles. The van der Waals surface area contributed by atoms with E-state index in [9.17, 15) is 18.5 Å². The van der Waals surface area contributed by atoms with Crippen molar-refractivity contribution < 1.29 is 18.1 Å². The lowest BCUT2D eigenvalue weighted by atomic mass is 10.1. The van der Waals surface area contributed by atoms with Crippen LogP contribution < -0.4 is 5.43 Å². The third kappa shape index (κ3) is 4.35. The highest BCUT2D eigenvalue weighted by Crippen LogP contribution is 2.29. The van der Waals surface area contributed by atoms with E-state index in [1.54, 1.807) is 6.21 Å². The smallest absolute Gasteiger partial charge is 0.295 e. The summed E-state index contributed by atoms with van der Waals surface area (Å²) in [5, 5.41) is 15.5. The molecule has 0 atom stereocenters. The summed E-state index contributed by atoms with van der Waals surface area (Å²) in [5.41, 5.74) is 4.24. The van der Waals surface area contributed by atoms with Crippen LogP contribution in [0.1, 0.15) is 11.1 Å². The number of hydrogen-bond acceptors (Lipinski definition) is 7. The Morgan fingerprint density at radius 3 is 2.61 bits per heavy atom. The van der Waals surface area contributed by atoms with Crippen LogP contribution in [0.4, 0.5) is 11.4 Å². The zero-order valence-corrected chi connectivity index (χ0v) is 16.1. The first-order chi connectivity index (χ1) is 13.4. The molecule has 1 saturated heterocycles. The average Bonchev–Trinajstić information content (AvgIpc) is 2.70. The molecule has 10 heteroatoms. The Bertz CT molecular complexity index is 1000. The van der Waals surface area contributed by atoms with Crippen molar-refractivity contribution in [3.05, 3.63) is 63.7 Å². The number of nitrogens with one attached hydrogen (secondary N) is 1. The van der Waals surface area contributed by atoms with Gasteiger partial charge in [0.25, 0.3) is 5.69 Å². The fourth-order valence-electron chi connectivity index (χ4n) is 2.76. The Morgan fingerprint density at radius 2 is 1.93 bits per heavy atom. The minimum absolute atomic E-state index is 0.107. The monoisotopic (exact) mass is 404 g/mol. The Balaban J connectivity index is 1.85. The lowest BCUT2D eigenvalue weighted by Crippen LogP contribution is -2.40. The number of nitrogens with zero attached hydrogens (tertiary/aromatic N) is 3. The molecule has 1 N–H and O–H groups in total. The van der Waals surface area contributed by atoms with Crippen molar-refractivity contribution in [2.24, 2.45) is 5.10 Å². The van der Waals surface area contributed by atoms with Gasteiger partial charge in [0.15, 0.2) is 0 Å². The van der Waals surface area contributed by atoms with E-state index in [2.05, 4.69) is 10.5 Å². The van der Waals surface area contributed by atoms with E-state index in [1.807, 2.05) is 31.2 Å². The number of aryl methyl sites for hydroxylation is 1. The van der Waals surface area contributed by atoms with E-state index in [0.717, 1.165) is 17.2 Å². The highest BCUT2D eigenvalue weighted by Gasteiger charge is 2.28. The summed E-state index contributed by atoms with van der Waals surface area (Å²) in [6.07, 6.45) is 1.55. The summed E-state index contributed by atoms with van der Waals surface area (Å²) >= 11 is 0. The quantitative estimate of drug-likeness (QED) is 0.449. The molecule has 148 valence electrons. The first kappa shape index (κ1) is 19.9. The second-order valence-corrected chi connectivity index (χ2v) is 8.12. The SMILES string of the molecule is Cc1ccccc1/C=N/Nc1ccc(S(=O)(=O)N2CCOCC2)cc1[N+](=O)[O-]. The van der Waals surface area contributed by atoms with Crippen LogP contribution in [0.25, 0.3) is 0 Å². The summed E-state index contributed by atoms with van der Waals surface area (Å²) in [5.74, 6) is 0. The number of benzene rings is 2. The maximum absolute atomic E-state index is 12.7. The van der Waals surface area contributed by atoms with E-state index in [1.165, 1.54) is 16.4 Å². The van der Waals surface area contributed by atoms with Crippen molar-refractivity contribution in [3.8, 4) is 0 Å². The summed E-state index contributed by atoms with van der Waals surface area (Å²) in [4.78, 5) is 10.7. The Labute approximate surface area is 162 Å². The zero-order chi connectivity index (χ0) is 20.1. The Morgan fingerprint density at radius 1 is 1.21 bits per heavy atom. The second-order valence-electron chi connectivity index (χ2n) is 6.18. The number of rotatable bonds is 6. The summed E-state index contributed by atoms with van der Waals surface area (Å²) in [6.45, 7) is 2.96. The molecule has 0 radical (unpaired) electrons.